The Balaban J connectivity index is 0.00000353. The summed E-state index contributed by atoms with van der Waals surface area (Å²) in [5, 5.41) is 15.1. The third-order valence-electron chi connectivity index (χ3n) is 7.15. The number of anilines is 2. The molecule has 0 spiro atoms. The van der Waals surface area contributed by atoms with Gasteiger partial charge < -0.3 is 15.5 Å². The van der Waals surface area contributed by atoms with Gasteiger partial charge >= 0.3 is 6.18 Å². The summed E-state index contributed by atoms with van der Waals surface area (Å²) in [5.74, 6) is 2.14. The first-order valence-electron chi connectivity index (χ1n) is 12.9. The minimum Gasteiger partial charge on any atom is -0.362 e. The number of aromatic nitrogens is 4. The molecule has 0 bridgehead atoms. The Bertz CT molecular complexity index is 1360. The molecule has 1 aliphatic rings. The molecular weight excluding hydrogens is 503 g/mol. The van der Waals surface area contributed by atoms with Gasteiger partial charge in [0.2, 0.25) is 5.95 Å². The maximum Gasteiger partial charge on any atom is 0.416 e. The van der Waals surface area contributed by atoms with E-state index in [1.54, 1.807) is 6.20 Å². The highest BCUT2D eigenvalue weighted by Gasteiger charge is 2.30. The standard InChI is InChI=1S/C28H32F3N7.CH4/c1-38(2)26-23-5-3-4-6-24(23)35-27(36-26)34-22-13-7-18(8-14-22)15-32-16-20-17-33-37-25(20)19-9-11-21(12-10-19)28(29,30)31;/h3-6,9-12,17-18,22,32H,7-8,13-16H2,1-2H3,(H,33,37)(H,34,35,36);1H4. The number of nitrogens with zero attached hydrogens (tertiary/aromatic N) is 4. The van der Waals surface area contributed by atoms with Gasteiger partial charge in [0, 0.05) is 37.6 Å². The molecule has 4 aromatic rings. The zero-order valence-corrected chi connectivity index (χ0v) is 21.5. The van der Waals surface area contributed by atoms with Crippen molar-refractivity contribution in [3.63, 3.8) is 0 Å². The molecular formula is C29H36F3N7. The van der Waals surface area contributed by atoms with Crippen LogP contribution in [0.1, 0.15) is 44.2 Å². The molecule has 5 rings (SSSR count). The Morgan fingerprint density at radius 2 is 1.69 bits per heavy atom. The topological polar surface area (TPSA) is 81.8 Å². The molecule has 2 aromatic heterocycles. The number of hydrogen-bond acceptors (Lipinski definition) is 6. The van der Waals surface area contributed by atoms with Gasteiger partial charge in [0.05, 0.1) is 23.0 Å². The summed E-state index contributed by atoms with van der Waals surface area (Å²) in [5.41, 5.74) is 2.64. The van der Waals surface area contributed by atoms with Gasteiger partial charge in [0.1, 0.15) is 5.82 Å². The van der Waals surface area contributed by atoms with Crippen LogP contribution < -0.4 is 15.5 Å². The summed E-state index contributed by atoms with van der Waals surface area (Å²) >= 11 is 0. The number of benzene rings is 2. The lowest BCUT2D eigenvalue weighted by molar-refractivity contribution is -0.137. The van der Waals surface area contributed by atoms with Crippen molar-refractivity contribution >= 4 is 22.7 Å². The van der Waals surface area contributed by atoms with E-state index in [-0.39, 0.29) is 7.43 Å². The van der Waals surface area contributed by atoms with Crippen molar-refractivity contribution < 1.29 is 13.2 Å². The molecule has 3 N–H and O–H groups in total. The number of H-pyrrole nitrogens is 1. The summed E-state index contributed by atoms with van der Waals surface area (Å²) in [6, 6.07) is 13.6. The lowest BCUT2D eigenvalue weighted by Crippen LogP contribution is -2.31. The zero-order chi connectivity index (χ0) is 26.7. The molecule has 39 heavy (non-hydrogen) atoms. The van der Waals surface area contributed by atoms with Gasteiger partial charge in [-0.2, -0.15) is 23.3 Å². The number of aromatic amines is 1. The Morgan fingerprint density at radius 1 is 0.974 bits per heavy atom. The van der Waals surface area contributed by atoms with Gasteiger partial charge in [-0.15, -0.1) is 0 Å². The van der Waals surface area contributed by atoms with E-state index in [1.807, 2.05) is 43.3 Å². The highest BCUT2D eigenvalue weighted by atomic mass is 19.4. The molecule has 7 nitrogen and oxygen atoms in total. The second-order valence-electron chi connectivity index (χ2n) is 10.1. The molecule has 0 unspecified atom stereocenters. The number of hydrogen-bond donors (Lipinski definition) is 3. The molecule has 0 atom stereocenters. The van der Waals surface area contributed by atoms with Crippen LogP contribution in [-0.4, -0.2) is 46.8 Å². The summed E-state index contributed by atoms with van der Waals surface area (Å²) in [7, 11) is 3.99. The normalized spacial score (nSPS) is 17.6. The largest absolute Gasteiger partial charge is 0.416 e. The van der Waals surface area contributed by atoms with Crippen molar-refractivity contribution in [3.8, 4) is 11.3 Å². The molecule has 1 aliphatic carbocycles. The first-order valence-corrected chi connectivity index (χ1v) is 12.9. The van der Waals surface area contributed by atoms with Crippen molar-refractivity contribution in [3.05, 3.63) is 65.9 Å². The van der Waals surface area contributed by atoms with E-state index in [2.05, 4.69) is 20.8 Å². The molecule has 1 saturated carbocycles. The summed E-state index contributed by atoms with van der Waals surface area (Å²) in [4.78, 5) is 11.5. The molecule has 10 heteroatoms. The van der Waals surface area contributed by atoms with Gasteiger partial charge in [-0.3, -0.25) is 5.10 Å². The SMILES string of the molecule is C.CN(C)c1nc(NC2CCC(CNCc3cn[nH]c3-c3ccc(C(F)(F)F)cc3)CC2)nc2ccccc12. The predicted molar refractivity (Wildman–Crippen MR) is 151 cm³/mol. The molecule has 2 heterocycles. The summed E-state index contributed by atoms with van der Waals surface area (Å²) < 4.78 is 38.6. The quantitative estimate of drug-likeness (QED) is 0.237. The van der Waals surface area contributed by atoms with Crippen LogP contribution in [0.15, 0.2) is 54.7 Å². The first-order chi connectivity index (χ1) is 18.3. The van der Waals surface area contributed by atoms with E-state index in [1.165, 1.54) is 12.1 Å². The number of halogens is 3. The van der Waals surface area contributed by atoms with E-state index in [9.17, 15) is 13.2 Å². The fraction of sp³-hybridized carbons (Fsp3) is 0.414. The van der Waals surface area contributed by atoms with Crippen LogP contribution in [-0.2, 0) is 12.7 Å². The smallest absolute Gasteiger partial charge is 0.362 e. The average Bonchev–Trinajstić information content (AvgIpc) is 3.37. The Hall–Kier alpha value is -3.66. The minimum atomic E-state index is -4.34. The van der Waals surface area contributed by atoms with E-state index >= 15 is 0 Å². The van der Waals surface area contributed by atoms with E-state index in [0.717, 1.165) is 72.3 Å². The van der Waals surface area contributed by atoms with Crippen LogP contribution in [0, 0.1) is 5.92 Å². The highest BCUT2D eigenvalue weighted by Crippen LogP contribution is 2.32. The number of fused-ring (bicyclic) bond motifs is 1. The fourth-order valence-electron chi connectivity index (χ4n) is 5.09. The predicted octanol–water partition coefficient (Wildman–Crippen LogP) is 6.50. The van der Waals surface area contributed by atoms with Gasteiger partial charge in [-0.1, -0.05) is 31.7 Å². The van der Waals surface area contributed by atoms with Crippen LogP contribution in [0.25, 0.3) is 22.2 Å². The zero-order valence-electron chi connectivity index (χ0n) is 21.5. The molecule has 1 fully saturated rings. The second kappa shape index (κ2) is 12.0. The van der Waals surface area contributed by atoms with Crippen LogP contribution in [0.5, 0.6) is 0 Å². The number of rotatable bonds is 8. The monoisotopic (exact) mass is 539 g/mol. The lowest BCUT2D eigenvalue weighted by atomic mass is 9.86. The van der Waals surface area contributed by atoms with Crippen molar-refractivity contribution in [1.29, 1.82) is 0 Å². The summed E-state index contributed by atoms with van der Waals surface area (Å²) in [6.07, 6.45) is 1.66. The lowest BCUT2D eigenvalue weighted by Gasteiger charge is -2.29. The highest BCUT2D eigenvalue weighted by molar-refractivity contribution is 5.90. The van der Waals surface area contributed by atoms with Crippen molar-refractivity contribution in [2.24, 2.45) is 5.92 Å². The van der Waals surface area contributed by atoms with Gasteiger partial charge in [-0.25, -0.2) is 4.98 Å². The first kappa shape index (κ1) is 28.4. The Morgan fingerprint density at radius 3 is 2.38 bits per heavy atom. The Labute approximate surface area is 227 Å². The molecule has 0 radical (unpaired) electrons. The molecule has 2 aromatic carbocycles. The maximum absolute atomic E-state index is 12.9. The molecule has 0 aliphatic heterocycles. The number of nitrogens with one attached hydrogen (secondary N) is 3. The molecule has 208 valence electrons. The van der Waals surface area contributed by atoms with Crippen molar-refractivity contribution in [2.75, 3.05) is 30.9 Å². The van der Waals surface area contributed by atoms with Gasteiger partial charge in [0.25, 0.3) is 0 Å². The van der Waals surface area contributed by atoms with Gasteiger partial charge in [-0.05, 0) is 68.0 Å². The van der Waals surface area contributed by atoms with Crippen LogP contribution in [0.4, 0.5) is 24.9 Å². The second-order valence-corrected chi connectivity index (χ2v) is 10.1. The number of para-hydroxylation sites is 1. The third kappa shape index (κ3) is 6.68. The van der Waals surface area contributed by atoms with Crippen LogP contribution in [0.3, 0.4) is 0 Å². The van der Waals surface area contributed by atoms with Gasteiger partial charge in [0.15, 0.2) is 0 Å². The van der Waals surface area contributed by atoms with Crippen molar-refractivity contribution in [2.45, 2.75) is 51.9 Å². The van der Waals surface area contributed by atoms with E-state index in [0.29, 0.717) is 30.0 Å². The van der Waals surface area contributed by atoms with E-state index < -0.39 is 11.7 Å². The van der Waals surface area contributed by atoms with Crippen LogP contribution >= 0.6 is 0 Å². The van der Waals surface area contributed by atoms with E-state index in [4.69, 9.17) is 9.97 Å². The summed E-state index contributed by atoms with van der Waals surface area (Å²) in [6.45, 7) is 1.48. The molecule has 0 saturated heterocycles. The minimum absolute atomic E-state index is 0. The maximum atomic E-state index is 12.9. The Kier molecular flexibility index (Phi) is 8.74. The van der Waals surface area contributed by atoms with Crippen molar-refractivity contribution in [1.82, 2.24) is 25.5 Å². The van der Waals surface area contributed by atoms with Crippen LogP contribution in [0.2, 0.25) is 0 Å². The molecule has 0 amide bonds. The third-order valence-corrected chi connectivity index (χ3v) is 7.15. The average molecular weight is 540 g/mol. The number of alkyl halides is 3. The fourth-order valence-corrected chi connectivity index (χ4v) is 5.09.